The molecule has 130 valence electrons. The standard InChI is InChI=1S/C15H26N4O2S2/c1-3-16-15(17-7-5-13-23(2,20)21)19-10-8-18(9-11-19)14-6-4-12-22-14/h4,6,12H,3,5,7-11,13H2,1-2H3,(H,16,17). The first-order chi connectivity index (χ1) is 11.0. The van der Waals surface area contributed by atoms with Crippen LogP contribution >= 0.6 is 11.3 Å². The third-order valence-corrected chi connectivity index (χ3v) is 5.63. The molecule has 0 bridgehead atoms. The molecule has 0 saturated carbocycles. The lowest BCUT2D eigenvalue weighted by molar-refractivity contribution is 0.373. The average molecular weight is 359 g/mol. The van der Waals surface area contributed by atoms with E-state index in [0.29, 0.717) is 13.0 Å². The molecule has 0 unspecified atom stereocenters. The highest BCUT2D eigenvalue weighted by Crippen LogP contribution is 2.22. The van der Waals surface area contributed by atoms with Gasteiger partial charge in [0.25, 0.3) is 0 Å². The van der Waals surface area contributed by atoms with Crippen molar-refractivity contribution in [2.24, 2.45) is 4.99 Å². The molecule has 2 rings (SSSR count). The highest BCUT2D eigenvalue weighted by Gasteiger charge is 2.20. The molecule has 0 radical (unpaired) electrons. The lowest BCUT2D eigenvalue weighted by atomic mass is 10.3. The summed E-state index contributed by atoms with van der Waals surface area (Å²) in [7, 11) is -2.90. The maximum atomic E-state index is 11.2. The SMILES string of the molecule is CCNC(=NCCCS(C)(=O)=O)N1CCN(c2cccs2)CC1. The van der Waals surface area contributed by atoms with E-state index in [0.717, 1.165) is 38.7 Å². The number of thiophene rings is 1. The Labute approximate surface area is 143 Å². The highest BCUT2D eigenvalue weighted by molar-refractivity contribution is 7.90. The van der Waals surface area contributed by atoms with E-state index in [9.17, 15) is 8.42 Å². The molecule has 0 atom stereocenters. The summed E-state index contributed by atoms with van der Waals surface area (Å²) >= 11 is 1.77. The minimum atomic E-state index is -2.90. The van der Waals surface area contributed by atoms with Crippen LogP contribution in [-0.2, 0) is 9.84 Å². The number of anilines is 1. The minimum Gasteiger partial charge on any atom is -0.360 e. The summed E-state index contributed by atoms with van der Waals surface area (Å²) in [5.41, 5.74) is 0. The lowest BCUT2D eigenvalue weighted by Gasteiger charge is -2.37. The summed E-state index contributed by atoms with van der Waals surface area (Å²) in [6.07, 6.45) is 1.84. The van der Waals surface area contributed by atoms with Gasteiger partial charge < -0.3 is 15.1 Å². The molecule has 1 aliphatic heterocycles. The van der Waals surface area contributed by atoms with Gasteiger partial charge in [-0.25, -0.2) is 8.42 Å². The summed E-state index contributed by atoms with van der Waals surface area (Å²) in [4.78, 5) is 9.23. The van der Waals surface area contributed by atoms with Gasteiger partial charge in [0, 0.05) is 45.5 Å². The zero-order valence-electron chi connectivity index (χ0n) is 13.9. The van der Waals surface area contributed by atoms with Crippen LogP contribution in [0.3, 0.4) is 0 Å². The molecule has 2 heterocycles. The van der Waals surface area contributed by atoms with E-state index in [1.807, 2.05) is 6.92 Å². The Morgan fingerprint density at radius 3 is 2.65 bits per heavy atom. The van der Waals surface area contributed by atoms with Gasteiger partial charge in [-0.05, 0) is 30.9 Å². The van der Waals surface area contributed by atoms with Crippen LogP contribution in [0.5, 0.6) is 0 Å². The number of aliphatic imine (C=N–C) groups is 1. The van der Waals surface area contributed by atoms with Crippen LogP contribution < -0.4 is 10.2 Å². The zero-order chi connectivity index (χ0) is 16.7. The van der Waals surface area contributed by atoms with Crippen molar-refractivity contribution in [3.05, 3.63) is 17.5 Å². The summed E-state index contributed by atoms with van der Waals surface area (Å²) in [5.74, 6) is 1.09. The zero-order valence-corrected chi connectivity index (χ0v) is 15.5. The van der Waals surface area contributed by atoms with Gasteiger partial charge in [-0.3, -0.25) is 4.99 Å². The maximum Gasteiger partial charge on any atom is 0.194 e. The largest absolute Gasteiger partial charge is 0.360 e. The van der Waals surface area contributed by atoms with Gasteiger partial charge in [-0.1, -0.05) is 0 Å². The van der Waals surface area contributed by atoms with Crippen LogP contribution in [0.25, 0.3) is 0 Å². The Balaban J connectivity index is 1.86. The molecule has 1 saturated heterocycles. The van der Waals surface area contributed by atoms with Crippen LogP contribution in [-0.4, -0.2) is 70.6 Å². The monoisotopic (exact) mass is 358 g/mol. The smallest absolute Gasteiger partial charge is 0.194 e. The van der Waals surface area contributed by atoms with Crippen molar-refractivity contribution in [2.45, 2.75) is 13.3 Å². The fourth-order valence-electron chi connectivity index (χ4n) is 2.53. The van der Waals surface area contributed by atoms with Gasteiger partial charge >= 0.3 is 0 Å². The number of hydrogen-bond acceptors (Lipinski definition) is 5. The summed E-state index contributed by atoms with van der Waals surface area (Å²) in [6.45, 7) is 7.22. The molecular weight excluding hydrogens is 332 g/mol. The number of sulfone groups is 1. The van der Waals surface area contributed by atoms with E-state index in [1.54, 1.807) is 11.3 Å². The van der Waals surface area contributed by atoms with E-state index in [-0.39, 0.29) is 5.75 Å². The summed E-state index contributed by atoms with van der Waals surface area (Å²) < 4.78 is 22.3. The molecule has 1 aromatic rings. The van der Waals surface area contributed by atoms with Crippen molar-refractivity contribution < 1.29 is 8.42 Å². The second-order valence-electron chi connectivity index (χ2n) is 5.64. The second-order valence-corrected chi connectivity index (χ2v) is 8.83. The van der Waals surface area contributed by atoms with Crippen molar-refractivity contribution in [3.8, 4) is 0 Å². The number of piperazine rings is 1. The van der Waals surface area contributed by atoms with Gasteiger partial charge in [0.2, 0.25) is 0 Å². The number of hydrogen-bond donors (Lipinski definition) is 1. The van der Waals surface area contributed by atoms with Crippen molar-refractivity contribution in [1.82, 2.24) is 10.2 Å². The topological polar surface area (TPSA) is 65.0 Å². The molecule has 0 aromatic carbocycles. The van der Waals surface area contributed by atoms with Crippen molar-refractivity contribution in [1.29, 1.82) is 0 Å². The molecule has 0 amide bonds. The van der Waals surface area contributed by atoms with E-state index in [2.05, 4.69) is 37.6 Å². The molecule has 6 nitrogen and oxygen atoms in total. The molecule has 1 fully saturated rings. The molecule has 1 aliphatic rings. The Morgan fingerprint density at radius 2 is 2.09 bits per heavy atom. The third kappa shape index (κ3) is 6.02. The molecule has 8 heteroatoms. The van der Waals surface area contributed by atoms with Crippen molar-refractivity contribution >= 4 is 32.1 Å². The Morgan fingerprint density at radius 1 is 1.35 bits per heavy atom. The first kappa shape index (κ1) is 18.1. The number of nitrogens with zero attached hydrogens (tertiary/aromatic N) is 3. The molecule has 1 aromatic heterocycles. The lowest BCUT2D eigenvalue weighted by Crippen LogP contribution is -2.52. The van der Waals surface area contributed by atoms with Crippen LogP contribution in [0.2, 0.25) is 0 Å². The molecule has 0 spiro atoms. The fraction of sp³-hybridized carbons (Fsp3) is 0.667. The number of guanidine groups is 1. The number of rotatable bonds is 6. The Bertz CT molecular complexity index is 591. The average Bonchev–Trinajstić information content (AvgIpc) is 3.04. The van der Waals surface area contributed by atoms with Crippen LogP contribution in [0.4, 0.5) is 5.00 Å². The molecule has 0 aliphatic carbocycles. The maximum absolute atomic E-state index is 11.2. The quantitative estimate of drug-likeness (QED) is 0.471. The Hall–Kier alpha value is -1.28. The predicted octanol–water partition coefficient (Wildman–Crippen LogP) is 1.27. The van der Waals surface area contributed by atoms with Gasteiger partial charge in [0.1, 0.15) is 9.84 Å². The minimum absolute atomic E-state index is 0.196. The van der Waals surface area contributed by atoms with Gasteiger partial charge in [-0.15, -0.1) is 11.3 Å². The van der Waals surface area contributed by atoms with E-state index < -0.39 is 9.84 Å². The fourth-order valence-corrected chi connectivity index (χ4v) is 3.96. The second kappa shape index (κ2) is 8.54. The van der Waals surface area contributed by atoms with Crippen LogP contribution in [0.15, 0.2) is 22.5 Å². The van der Waals surface area contributed by atoms with E-state index in [1.165, 1.54) is 11.3 Å². The first-order valence-electron chi connectivity index (χ1n) is 7.99. The summed E-state index contributed by atoms with van der Waals surface area (Å²) in [6, 6.07) is 4.24. The molecule has 23 heavy (non-hydrogen) atoms. The Kier molecular flexibility index (Phi) is 6.71. The van der Waals surface area contributed by atoms with Crippen molar-refractivity contribution in [3.63, 3.8) is 0 Å². The van der Waals surface area contributed by atoms with E-state index >= 15 is 0 Å². The molecular formula is C15H26N4O2S2. The third-order valence-electron chi connectivity index (χ3n) is 3.67. The predicted molar refractivity (Wildman–Crippen MR) is 98.4 cm³/mol. The highest BCUT2D eigenvalue weighted by atomic mass is 32.2. The van der Waals surface area contributed by atoms with Crippen LogP contribution in [0, 0.1) is 0 Å². The van der Waals surface area contributed by atoms with Crippen LogP contribution in [0.1, 0.15) is 13.3 Å². The first-order valence-corrected chi connectivity index (χ1v) is 10.9. The van der Waals surface area contributed by atoms with E-state index in [4.69, 9.17) is 0 Å². The normalized spacial score (nSPS) is 16.7. The molecule has 1 N–H and O–H groups in total. The van der Waals surface area contributed by atoms with Gasteiger partial charge in [0.15, 0.2) is 5.96 Å². The van der Waals surface area contributed by atoms with Gasteiger partial charge in [-0.2, -0.15) is 0 Å². The number of nitrogens with one attached hydrogen (secondary N) is 1. The van der Waals surface area contributed by atoms with Gasteiger partial charge in [0.05, 0.1) is 10.8 Å². The summed E-state index contributed by atoms with van der Waals surface area (Å²) in [5, 5.41) is 6.74. The van der Waals surface area contributed by atoms with Crippen molar-refractivity contribution in [2.75, 3.05) is 56.2 Å².